The Bertz CT molecular complexity index is 310. The minimum Gasteiger partial charge on any atom is -0.465 e. The lowest BCUT2D eigenvalue weighted by Gasteiger charge is -2.04. The van der Waals surface area contributed by atoms with E-state index in [1.165, 1.54) is 12.4 Å². The summed E-state index contributed by atoms with van der Waals surface area (Å²) < 4.78 is 0. The number of amides is 2. The number of carbonyl (C=O) groups is 2. The van der Waals surface area contributed by atoms with Crippen molar-refractivity contribution < 1.29 is 19.5 Å². The van der Waals surface area contributed by atoms with Crippen molar-refractivity contribution in [3.63, 3.8) is 0 Å². The van der Waals surface area contributed by atoms with Crippen LogP contribution in [0.3, 0.4) is 0 Å². The maximum atomic E-state index is 10.9. The topological polar surface area (TPSA) is 105 Å². The van der Waals surface area contributed by atoms with Gasteiger partial charge in [0.15, 0.2) is 0 Å². The predicted molar refractivity (Wildman–Crippen MR) is 43.4 cm³/mol. The number of aromatic nitrogens is 2. The summed E-state index contributed by atoms with van der Waals surface area (Å²) in [5.41, 5.74) is 0. The van der Waals surface area contributed by atoms with Crippen LogP contribution in [0.25, 0.3) is 0 Å². The standard InChI is InChI=1S/C6H8N4O4/c11-5(12)7-4-8-6(13)14-10-3-1-2-9-10/h1-3,7H,4H2,(H,8,13)(H,11,12). The third-order valence-corrected chi connectivity index (χ3v) is 1.13. The molecule has 14 heavy (non-hydrogen) atoms. The molecule has 0 bridgehead atoms. The molecule has 1 heterocycles. The number of hydrogen-bond acceptors (Lipinski definition) is 4. The zero-order chi connectivity index (χ0) is 10.4. The Morgan fingerprint density at radius 1 is 1.50 bits per heavy atom. The van der Waals surface area contributed by atoms with Crippen molar-refractivity contribution in [2.24, 2.45) is 0 Å². The number of carboxylic acid groups (broad SMARTS) is 1. The first-order valence-corrected chi connectivity index (χ1v) is 3.61. The summed E-state index contributed by atoms with van der Waals surface area (Å²) in [5, 5.41) is 15.8. The van der Waals surface area contributed by atoms with Crippen molar-refractivity contribution in [3.05, 3.63) is 18.5 Å². The lowest BCUT2D eigenvalue weighted by molar-refractivity contribution is 0.115. The Labute approximate surface area is 78.4 Å². The lowest BCUT2D eigenvalue weighted by Crippen LogP contribution is -2.40. The molecule has 0 aromatic carbocycles. The van der Waals surface area contributed by atoms with Gasteiger partial charge in [0.25, 0.3) is 0 Å². The maximum absolute atomic E-state index is 10.9. The minimum atomic E-state index is -1.23. The molecule has 0 fully saturated rings. The van der Waals surface area contributed by atoms with Crippen LogP contribution in [0.15, 0.2) is 18.5 Å². The Morgan fingerprint density at radius 3 is 2.86 bits per heavy atom. The van der Waals surface area contributed by atoms with Crippen molar-refractivity contribution in [2.45, 2.75) is 0 Å². The van der Waals surface area contributed by atoms with Gasteiger partial charge in [0.05, 0.1) is 19.1 Å². The Kier molecular flexibility index (Phi) is 3.30. The molecule has 0 aliphatic carbocycles. The number of rotatable bonds is 3. The van der Waals surface area contributed by atoms with E-state index < -0.39 is 12.2 Å². The van der Waals surface area contributed by atoms with Crippen molar-refractivity contribution >= 4 is 12.2 Å². The number of carbonyl (C=O) groups excluding carboxylic acids is 1. The van der Waals surface area contributed by atoms with Gasteiger partial charge in [-0.25, -0.2) is 9.59 Å². The second kappa shape index (κ2) is 4.70. The fourth-order valence-corrected chi connectivity index (χ4v) is 0.618. The second-order valence-corrected chi connectivity index (χ2v) is 2.12. The van der Waals surface area contributed by atoms with Crippen LogP contribution in [0.2, 0.25) is 0 Å². The van der Waals surface area contributed by atoms with Crippen LogP contribution in [0.5, 0.6) is 0 Å². The van der Waals surface area contributed by atoms with Crippen molar-refractivity contribution in [2.75, 3.05) is 6.67 Å². The molecule has 0 aliphatic heterocycles. The van der Waals surface area contributed by atoms with Crippen LogP contribution in [-0.4, -0.2) is 33.9 Å². The minimum absolute atomic E-state index is 0.227. The first kappa shape index (κ1) is 9.84. The van der Waals surface area contributed by atoms with Gasteiger partial charge in [0, 0.05) is 0 Å². The molecule has 76 valence electrons. The fourth-order valence-electron chi connectivity index (χ4n) is 0.618. The largest absolute Gasteiger partial charge is 0.465 e. The average Bonchev–Trinajstić information content (AvgIpc) is 2.56. The molecule has 0 atom stereocenters. The molecule has 0 aliphatic rings. The van der Waals surface area contributed by atoms with E-state index in [-0.39, 0.29) is 6.67 Å². The summed E-state index contributed by atoms with van der Waals surface area (Å²) in [4.78, 5) is 26.3. The molecule has 2 amide bonds. The number of nitrogens with zero attached hydrogens (tertiary/aromatic N) is 2. The number of nitrogens with one attached hydrogen (secondary N) is 2. The van der Waals surface area contributed by atoms with Crippen LogP contribution in [0, 0.1) is 0 Å². The molecule has 8 heteroatoms. The molecule has 1 rings (SSSR count). The molecule has 8 nitrogen and oxygen atoms in total. The molecule has 0 unspecified atom stereocenters. The first-order valence-electron chi connectivity index (χ1n) is 3.61. The lowest BCUT2D eigenvalue weighted by atomic mass is 10.8. The van der Waals surface area contributed by atoms with Crippen LogP contribution < -0.4 is 15.5 Å². The van der Waals surface area contributed by atoms with Crippen molar-refractivity contribution in [1.82, 2.24) is 20.6 Å². The van der Waals surface area contributed by atoms with Gasteiger partial charge in [0.2, 0.25) is 0 Å². The van der Waals surface area contributed by atoms with Gasteiger partial charge in [-0.15, -0.1) is 5.10 Å². The van der Waals surface area contributed by atoms with E-state index in [0.29, 0.717) is 0 Å². The van der Waals surface area contributed by atoms with E-state index >= 15 is 0 Å². The van der Waals surface area contributed by atoms with E-state index in [4.69, 9.17) is 5.11 Å². The molecule has 3 N–H and O–H groups in total. The molecule has 0 saturated carbocycles. The van der Waals surface area contributed by atoms with E-state index in [0.717, 1.165) is 4.85 Å². The second-order valence-electron chi connectivity index (χ2n) is 2.12. The summed E-state index contributed by atoms with van der Waals surface area (Å²) in [7, 11) is 0. The third-order valence-electron chi connectivity index (χ3n) is 1.13. The van der Waals surface area contributed by atoms with E-state index in [9.17, 15) is 9.59 Å². The summed E-state index contributed by atoms with van der Waals surface area (Å²) in [6, 6.07) is 1.57. The zero-order valence-corrected chi connectivity index (χ0v) is 7.01. The SMILES string of the molecule is O=C(O)NCNC(=O)On1cccn1. The highest BCUT2D eigenvalue weighted by Gasteiger charge is 2.02. The summed E-state index contributed by atoms with van der Waals surface area (Å²) in [5.74, 6) is 0. The Hall–Kier alpha value is -2.25. The molecule has 1 aromatic heterocycles. The molecule has 0 saturated heterocycles. The van der Waals surface area contributed by atoms with Gasteiger partial charge in [0.1, 0.15) is 0 Å². The quantitative estimate of drug-likeness (QED) is 0.556. The van der Waals surface area contributed by atoms with Gasteiger partial charge in [-0.05, 0) is 6.07 Å². The number of hydrogen-bond donors (Lipinski definition) is 3. The van der Waals surface area contributed by atoms with Crippen LogP contribution in [0.1, 0.15) is 0 Å². The molecule has 1 aromatic rings. The van der Waals surface area contributed by atoms with Crippen LogP contribution in [-0.2, 0) is 0 Å². The van der Waals surface area contributed by atoms with E-state index in [2.05, 4.69) is 15.3 Å². The molecule has 0 radical (unpaired) electrons. The normalized spacial score (nSPS) is 9.14. The van der Waals surface area contributed by atoms with Gasteiger partial charge in [-0.2, -0.15) is 0 Å². The summed E-state index contributed by atoms with van der Waals surface area (Å²) in [6.07, 6.45) is 0.819. The van der Waals surface area contributed by atoms with E-state index in [1.807, 2.05) is 5.32 Å². The highest BCUT2D eigenvalue weighted by Crippen LogP contribution is 1.79. The zero-order valence-electron chi connectivity index (χ0n) is 7.01. The Balaban J connectivity index is 2.20. The van der Waals surface area contributed by atoms with Gasteiger partial charge in [-0.3, -0.25) is 4.84 Å². The smallest absolute Gasteiger partial charge is 0.434 e. The Morgan fingerprint density at radius 2 is 2.29 bits per heavy atom. The predicted octanol–water partition coefficient (Wildman–Crippen LogP) is -0.754. The summed E-state index contributed by atoms with van der Waals surface area (Å²) >= 11 is 0. The van der Waals surface area contributed by atoms with Crippen molar-refractivity contribution in [3.8, 4) is 0 Å². The highest BCUT2D eigenvalue weighted by molar-refractivity contribution is 5.69. The first-order chi connectivity index (χ1) is 6.68. The van der Waals surface area contributed by atoms with E-state index in [1.54, 1.807) is 6.07 Å². The van der Waals surface area contributed by atoms with Crippen molar-refractivity contribution in [1.29, 1.82) is 0 Å². The average molecular weight is 200 g/mol. The maximum Gasteiger partial charge on any atom is 0.434 e. The summed E-state index contributed by atoms with van der Waals surface area (Å²) in [6.45, 7) is -0.227. The van der Waals surface area contributed by atoms with Gasteiger partial charge >= 0.3 is 12.2 Å². The molecular weight excluding hydrogens is 192 g/mol. The monoisotopic (exact) mass is 200 g/mol. The van der Waals surface area contributed by atoms with Gasteiger partial charge < -0.3 is 15.7 Å². The van der Waals surface area contributed by atoms with Crippen LogP contribution >= 0.6 is 0 Å². The highest BCUT2D eigenvalue weighted by atomic mass is 16.7. The fraction of sp³-hybridized carbons (Fsp3) is 0.167. The molecule has 0 spiro atoms. The van der Waals surface area contributed by atoms with Crippen LogP contribution in [0.4, 0.5) is 9.59 Å². The third kappa shape index (κ3) is 3.43. The van der Waals surface area contributed by atoms with Gasteiger partial charge in [-0.1, -0.05) is 4.85 Å². The molecular formula is C6H8N4O4.